The average molecular weight is 307 g/mol. The monoisotopic (exact) mass is 307 g/mol. The second-order valence-corrected chi connectivity index (χ2v) is 7.04. The first-order valence-electron chi connectivity index (χ1n) is 8.31. The molecule has 2 aromatic carbocycles. The van der Waals surface area contributed by atoms with Crippen molar-refractivity contribution in [1.29, 1.82) is 0 Å². The minimum Gasteiger partial charge on any atom is -0.339 e. The Kier molecular flexibility index (Phi) is 3.81. The van der Waals surface area contributed by atoms with Crippen LogP contribution in [0, 0.1) is 41.5 Å². The van der Waals surface area contributed by atoms with Crippen LogP contribution in [0.2, 0.25) is 0 Å². The summed E-state index contributed by atoms with van der Waals surface area (Å²) in [7, 11) is 0. The maximum absolute atomic E-state index is 3.44. The van der Waals surface area contributed by atoms with Crippen molar-refractivity contribution in [2.24, 2.45) is 0 Å². The third kappa shape index (κ3) is 2.47. The zero-order valence-electron chi connectivity index (χ0n) is 15.1. The number of nitrogens with one attached hydrogen (secondary N) is 1. The number of aryl methyl sites for hydroxylation is 6. The molecule has 0 atom stereocenters. The molecule has 0 aliphatic carbocycles. The van der Waals surface area contributed by atoms with Gasteiger partial charge in [-0.2, -0.15) is 0 Å². The van der Waals surface area contributed by atoms with Crippen molar-refractivity contribution in [2.45, 2.75) is 41.5 Å². The number of hydrogen-bond acceptors (Lipinski definition) is 1. The zero-order chi connectivity index (χ0) is 16.8. The fraction of sp³-hybridized carbons (Fsp3) is 0.333. The maximum Gasteiger partial charge on any atom is 0.165 e. The number of benzene rings is 2. The SMILES string of the molecule is Cc1cc(C)c([N+]2(c3c(C)cc(C)cc3C)C=CNC2)c(C)c1. The van der Waals surface area contributed by atoms with Crippen LogP contribution in [0.5, 0.6) is 0 Å². The van der Waals surface area contributed by atoms with Crippen molar-refractivity contribution in [3.05, 3.63) is 70.0 Å². The van der Waals surface area contributed by atoms with Gasteiger partial charge in [0.2, 0.25) is 0 Å². The van der Waals surface area contributed by atoms with E-state index < -0.39 is 0 Å². The molecule has 0 bridgehead atoms. The fourth-order valence-electron chi connectivity index (χ4n) is 4.45. The number of quaternary nitrogens is 1. The van der Waals surface area contributed by atoms with Crippen molar-refractivity contribution in [3.8, 4) is 0 Å². The minimum absolute atomic E-state index is 0.760. The fourth-order valence-corrected chi connectivity index (χ4v) is 4.45. The molecule has 0 radical (unpaired) electrons. The summed E-state index contributed by atoms with van der Waals surface area (Å²) in [6.45, 7) is 14.2. The highest BCUT2D eigenvalue weighted by molar-refractivity contribution is 5.73. The normalized spacial score (nSPS) is 15.7. The van der Waals surface area contributed by atoms with Crippen LogP contribution in [0.15, 0.2) is 36.7 Å². The van der Waals surface area contributed by atoms with Crippen LogP contribution in [0.4, 0.5) is 11.4 Å². The lowest BCUT2D eigenvalue weighted by atomic mass is 9.98. The highest BCUT2D eigenvalue weighted by Gasteiger charge is 2.39. The molecular formula is C21H27N2+. The molecule has 0 aromatic heterocycles. The second-order valence-electron chi connectivity index (χ2n) is 7.04. The third-order valence-electron chi connectivity index (χ3n) is 4.86. The minimum atomic E-state index is 0.760. The standard InChI is InChI=1S/C21H27N2/c1-14-9-16(3)20(17(4)10-14)23(8-7-22-13-23)21-18(5)11-15(2)12-19(21)6/h7-12,22H,13H2,1-6H3/q+1. The van der Waals surface area contributed by atoms with E-state index in [0.717, 1.165) is 11.2 Å². The number of nitrogens with zero attached hydrogens (tertiary/aromatic N) is 1. The Morgan fingerprint density at radius 3 is 1.39 bits per heavy atom. The molecule has 2 aromatic rings. The molecule has 0 saturated carbocycles. The molecule has 0 spiro atoms. The molecule has 2 nitrogen and oxygen atoms in total. The van der Waals surface area contributed by atoms with E-state index in [1.807, 2.05) is 0 Å². The van der Waals surface area contributed by atoms with E-state index in [2.05, 4.69) is 83.5 Å². The van der Waals surface area contributed by atoms with E-state index in [4.69, 9.17) is 0 Å². The molecule has 1 N–H and O–H groups in total. The third-order valence-corrected chi connectivity index (χ3v) is 4.86. The van der Waals surface area contributed by atoms with Gasteiger partial charge in [0.25, 0.3) is 0 Å². The van der Waals surface area contributed by atoms with Crippen LogP contribution < -0.4 is 9.80 Å². The highest BCUT2D eigenvalue weighted by atomic mass is 15.4. The molecular weight excluding hydrogens is 280 g/mol. The van der Waals surface area contributed by atoms with Gasteiger partial charge in [-0.25, -0.2) is 4.48 Å². The quantitative estimate of drug-likeness (QED) is 0.751. The molecule has 2 heteroatoms. The van der Waals surface area contributed by atoms with Crippen LogP contribution in [0.1, 0.15) is 33.4 Å². The molecule has 0 saturated heterocycles. The molecule has 0 unspecified atom stereocenters. The van der Waals surface area contributed by atoms with Gasteiger partial charge in [0.15, 0.2) is 6.67 Å². The predicted octanol–water partition coefficient (Wildman–Crippen LogP) is 5.21. The number of hydrogen-bond donors (Lipinski definition) is 1. The molecule has 1 aliphatic rings. The molecule has 3 rings (SSSR count). The van der Waals surface area contributed by atoms with E-state index >= 15 is 0 Å². The topological polar surface area (TPSA) is 12.0 Å². The van der Waals surface area contributed by atoms with Crippen LogP contribution in [-0.4, -0.2) is 6.67 Å². The van der Waals surface area contributed by atoms with Gasteiger partial charge in [-0.3, -0.25) is 0 Å². The van der Waals surface area contributed by atoms with Crippen molar-refractivity contribution in [3.63, 3.8) is 0 Å². The highest BCUT2D eigenvalue weighted by Crippen LogP contribution is 2.44. The molecule has 0 amide bonds. The van der Waals surface area contributed by atoms with Crippen LogP contribution in [0.25, 0.3) is 0 Å². The van der Waals surface area contributed by atoms with Crippen LogP contribution in [-0.2, 0) is 0 Å². The van der Waals surface area contributed by atoms with E-state index in [1.54, 1.807) is 0 Å². The van der Waals surface area contributed by atoms with Gasteiger partial charge >= 0.3 is 0 Å². The van der Waals surface area contributed by atoms with Crippen molar-refractivity contribution in [1.82, 2.24) is 9.80 Å². The zero-order valence-corrected chi connectivity index (χ0v) is 15.1. The lowest BCUT2D eigenvalue weighted by Crippen LogP contribution is -2.42. The molecule has 0 fully saturated rings. The van der Waals surface area contributed by atoms with Gasteiger partial charge in [0, 0.05) is 22.3 Å². The summed E-state index contributed by atoms with van der Waals surface area (Å²) >= 11 is 0. The molecule has 23 heavy (non-hydrogen) atoms. The summed E-state index contributed by atoms with van der Waals surface area (Å²) in [4.78, 5) is 0. The molecule has 1 heterocycles. The van der Waals surface area contributed by atoms with Gasteiger partial charge in [-0.1, -0.05) is 35.4 Å². The summed E-state index contributed by atoms with van der Waals surface area (Å²) in [6.07, 6.45) is 4.40. The second kappa shape index (κ2) is 5.54. The van der Waals surface area contributed by atoms with Crippen molar-refractivity contribution in [2.75, 3.05) is 6.67 Å². The maximum atomic E-state index is 3.44. The Morgan fingerprint density at radius 1 is 0.696 bits per heavy atom. The van der Waals surface area contributed by atoms with Crippen molar-refractivity contribution >= 4 is 11.4 Å². The summed E-state index contributed by atoms with van der Waals surface area (Å²) in [5, 5.41) is 3.44. The van der Waals surface area contributed by atoms with Gasteiger partial charge in [-0.15, -0.1) is 0 Å². The summed E-state index contributed by atoms with van der Waals surface area (Å²) in [6, 6.07) is 9.20. The lowest BCUT2D eigenvalue weighted by Gasteiger charge is -2.35. The van der Waals surface area contributed by atoms with Gasteiger partial charge < -0.3 is 5.32 Å². The molecule has 120 valence electrons. The van der Waals surface area contributed by atoms with Crippen LogP contribution in [0.3, 0.4) is 0 Å². The predicted molar refractivity (Wildman–Crippen MR) is 99.9 cm³/mol. The molecule has 1 aliphatic heterocycles. The lowest BCUT2D eigenvalue weighted by molar-refractivity contribution is 0.509. The average Bonchev–Trinajstić information content (AvgIpc) is 2.85. The van der Waals surface area contributed by atoms with Crippen molar-refractivity contribution < 1.29 is 0 Å². The van der Waals surface area contributed by atoms with E-state index in [0.29, 0.717) is 0 Å². The van der Waals surface area contributed by atoms with Crippen LogP contribution >= 0.6 is 0 Å². The smallest absolute Gasteiger partial charge is 0.165 e. The van der Waals surface area contributed by atoms with E-state index in [-0.39, 0.29) is 0 Å². The van der Waals surface area contributed by atoms with Gasteiger partial charge in [0.05, 0.1) is 6.20 Å². The Bertz CT molecular complexity index is 696. The van der Waals surface area contributed by atoms with Gasteiger partial charge in [-0.05, 0) is 41.5 Å². The Morgan fingerprint density at radius 2 is 1.09 bits per heavy atom. The first-order chi connectivity index (χ1) is 10.8. The Hall–Kier alpha value is -2.06. The Labute approximate surface area is 140 Å². The summed E-state index contributed by atoms with van der Waals surface area (Å²) in [5.74, 6) is 0. The first kappa shape index (κ1) is 15.8. The number of rotatable bonds is 2. The first-order valence-corrected chi connectivity index (χ1v) is 8.31. The largest absolute Gasteiger partial charge is 0.339 e. The van der Waals surface area contributed by atoms with Gasteiger partial charge in [0.1, 0.15) is 17.6 Å². The Balaban J connectivity index is 2.35. The van der Waals surface area contributed by atoms with E-state index in [1.165, 1.54) is 44.8 Å². The summed E-state index contributed by atoms with van der Waals surface area (Å²) in [5.41, 5.74) is 10.9. The van der Waals surface area contributed by atoms with E-state index in [9.17, 15) is 0 Å². The summed E-state index contributed by atoms with van der Waals surface area (Å²) < 4.78 is 0.760.